The van der Waals surface area contributed by atoms with E-state index in [0.29, 0.717) is 53.3 Å². The van der Waals surface area contributed by atoms with E-state index in [1.165, 1.54) is 10.6 Å². The van der Waals surface area contributed by atoms with Gasteiger partial charge in [0.2, 0.25) is 0 Å². The van der Waals surface area contributed by atoms with Crippen molar-refractivity contribution in [3.8, 4) is 11.4 Å². The summed E-state index contributed by atoms with van der Waals surface area (Å²) in [7, 11) is 0. The number of ether oxygens (including phenoxy) is 1. The second-order valence-electron chi connectivity index (χ2n) is 9.34. The van der Waals surface area contributed by atoms with Crippen molar-refractivity contribution in [2.24, 2.45) is 0 Å². The lowest BCUT2D eigenvalue weighted by Crippen LogP contribution is -2.38. The molecule has 1 heterocycles. The summed E-state index contributed by atoms with van der Waals surface area (Å²) in [6.07, 6.45) is 1.55. The molecule has 0 aliphatic rings. The molecule has 9 nitrogen and oxygen atoms in total. The largest absolute Gasteiger partial charge is 0.494 e. The monoisotopic (exact) mass is 528 g/mol. The van der Waals surface area contributed by atoms with Gasteiger partial charge in [0, 0.05) is 23.7 Å². The number of fused-ring (bicyclic) bond motifs is 1. The van der Waals surface area contributed by atoms with Crippen LogP contribution in [0.3, 0.4) is 0 Å². The van der Waals surface area contributed by atoms with Gasteiger partial charge in [-0.15, -0.1) is 0 Å². The first-order valence-corrected chi connectivity index (χ1v) is 13.1. The topological polar surface area (TPSA) is 108 Å². The number of aromatic nitrogens is 2. The van der Waals surface area contributed by atoms with Gasteiger partial charge in [-0.25, -0.2) is 4.98 Å². The van der Waals surface area contributed by atoms with Crippen LogP contribution in [0.4, 0.5) is 5.69 Å². The molecule has 0 aliphatic carbocycles. The van der Waals surface area contributed by atoms with Crippen molar-refractivity contribution in [2.45, 2.75) is 46.6 Å². The fraction of sp³-hybridized carbons (Fsp3) is 0.300. The fourth-order valence-electron chi connectivity index (χ4n) is 4.58. The van der Waals surface area contributed by atoms with Gasteiger partial charge in [-0.05, 0) is 69.7 Å². The van der Waals surface area contributed by atoms with Crippen LogP contribution in [-0.4, -0.2) is 38.4 Å². The molecule has 1 atom stereocenters. The number of amides is 1. The first-order chi connectivity index (χ1) is 18.8. The zero-order chi connectivity index (χ0) is 28.1. The Balaban J connectivity index is 1.87. The van der Waals surface area contributed by atoms with Crippen LogP contribution in [0, 0.1) is 17.0 Å². The number of nitro benzene ring substituents is 1. The minimum absolute atomic E-state index is 0.112. The predicted octanol–water partition coefficient (Wildman–Crippen LogP) is 6.00. The van der Waals surface area contributed by atoms with E-state index in [4.69, 9.17) is 9.72 Å². The van der Waals surface area contributed by atoms with Gasteiger partial charge in [0.1, 0.15) is 11.6 Å². The van der Waals surface area contributed by atoms with E-state index in [0.717, 1.165) is 6.42 Å². The van der Waals surface area contributed by atoms with Gasteiger partial charge in [0.25, 0.3) is 17.2 Å². The van der Waals surface area contributed by atoms with Crippen molar-refractivity contribution < 1.29 is 14.5 Å². The van der Waals surface area contributed by atoms with Gasteiger partial charge in [-0.2, -0.15) is 0 Å². The van der Waals surface area contributed by atoms with Gasteiger partial charge >= 0.3 is 0 Å². The van der Waals surface area contributed by atoms with Crippen LogP contribution in [0.5, 0.6) is 5.75 Å². The van der Waals surface area contributed by atoms with Crippen LogP contribution < -0.4 is 10.3 Å². The molecule has 0 aliphatic heterocycles. The molecule has 0 fully saturated rings. The van der Waals surface area contributed by atoms with Crippen LogP contribution >= 0.6 is 0 Å². The molecule has 39 heavy (non-hydrogen) atoms. The van der Waals surface area contributed by atoms with E-state index >= 15 is 0 Å². The SMILES string of the molecule is CCCCN(C(=O)c1ccc(C)c([N+](=O)[O-])c1)C(C)c1nc2ccccc2c(=O)n1-c1ccc(OCC)cc1. The zero-order valence-corrected chi connectivity index (χ0v) is 22.6. The predicted molar refractivity (Wildman–Crippen MR) is 151 cm³/mol. The van der Waals surface area contributed by atoms with E-state index in [1.54, 1.807) is 66.4 Å². The second-order valence-corrected chi connectivity index (χ2v) is 9.34. The molecule has 4 aromatic rings. The van der Waals surface area contributed by atoms with Crippen LogP contribution in [0.2, 0.25) is 0 Å². The Labute approximate surface area is 226 Å². The highest BCUT2D eigenvalue weighted by atomic mass is 16.6. The highest BCUT2D eigenvalue weighted by molar-refractivity contribution is 5.95. The molecule has 3 aromatic carbocycles. The molecule has 0 saturated carbocycles. The number of nitrogens with zero attached hydrogens (tertiary/aromatic N) is 4. The Morgan fingerprint density at radius 2 is 1.82 bits per heavy atom. The molecule has 1 aromatic heterocycles. The Hall–Kier alpha value is -4.53. The van der Waals surface area contributed by atoms with Gasteiger partial charge in [0.05, 0.1) is 34.2 Å². The zero-order valence-electron chi connectivity index (χ0n) is 22.6. The maximum Gasteiger partial charge on any atom is 0.273 e. The van der Waals surface area contributed by atoms with Crippen molar-refractivity contribution in [3.63, 3.8) is 0 Å². The number of unbranched alkanes of at least 4 members (excludes halogenated alkanes) is 1. The van der Waals surface area contributed by atoms with Crippen molar-refractivity contribution in [2.75, 3.05) is 13.2 Å². The summed E-state index contributed by atoms with van der Waals surface area (Å²) in [5.41, 5.74) is 1.45. The van der Waals surface area contributed by atoms with Gasteiger partial charge in [0.15, 0.2) is 0 Å². The summed E-state index contributed by atoms with van der Waals surface area (Å²) in [5.74, 6) is 0.715. The molecule has 0 N–H and O–H groups in total. The summed E-state index contributed by atoms with van der Waals surface area (Å²) < 4.78 is 7.10. The van der Waals surface area contributed by atoms with Crippen molar-refractivity contribution >= 4 is 22.5 Å². The van der Waals surface area contributed by atoms with Gasteiger partial charge in [-0.3, -0.25) is 24.3 Å². The first kappa shape index (κ1) is 27.5. The third-order valence-electron chi connectivity index (χ3n) is 6.71. The van der Waals surface area contributed by atoms with Crippen molar-refractivity contribution in [1.82, 2.24) is 14.5 Å². The first-order valence-electron chi connectivity index (χ1n) is 13.1. The lowest BCUT2D eigenvalue weighted by atomic mass is 10.1. The number of carbonyl (C=O) groups excluding carboxylic acids is 1. The molecular formula is C30H32N4O5. The number of carbonyl (C=O) groups is 1. The highest BCUT2D eigenvalue weighted by Crippen LogP contribution is 2.27. The fourth-order valence-corrected chi connectivity index (χ4v) is 4.58. The summed E-state index contributed by atoms with van der Waals surface area (Å²) in [6.45, 7) is 8.30. The minimum Gasteiger partial charge on any atom is -0.494 e. The summed E-state index contributed by atoms with van der Waals surface area (Å²) in [4.78, 5) is 45.2. The quantitative estimate of drug-likeness (QED) is 0.184. The van der Waals surface area contributed by atoms with Crippen LogP contribution in [0.15, 0.2) is 71.5 Å². The summed E-state index contributed by atoms with van der Waals surface area (Å²) >= 11 is 0. The molecule has 9 heteroatoms. The van der Waals surface area contributed by atoms with Crippen LogP contribution in [-0.2, 0) is 0 Å². The van der Waals surface area contributed by atoms with E-state index in [9.17, 15) is 19.7 Å². The number of nitro groups is 1. The van der Waals surface area contributed by atoms with E-state index in [-0.39, 0.29) is 22.7 Å². The van der Waals surface area contributed by atoms with E-state index < -0.39 is 11.0 Å². The lowest BCUT2D eigenvalue weighted by Gasteiger charge is -2.30. The molecular weight excluding hydrogens is 496 g/mol. The average Bonchev–Trinajstić information content (AvgIpc) is 2.94. The number of benzene rings is 3. The van der Waals surface area contributed by atoms with Crippen molar-refractivity contribution in [1.29, 1.82) is 0 Å². The Morgan fingerprint density at radius 3 is 2.49 bits per heavy atom. The van der Waals surface area contributed by atoms with Crippen LogP contribution in [0.25, 0.3) is 16.6 Å². The molecule has 202 valence electrons. The Kier molecular flexibility index (Phi) is 8.39. The molecule has 1 amide bonds. The maximum atomic E-state index is 13.8. The molecule has 4 rings (SSSR count). The van der Waals surface area contributed by atoms with E-state index in [1.807, 2.05) is 26.8 Å². The highest BCUT2D eigenvalue weighted by Gasteiger charge is 2.28. The number of rotatable bonds is 10. The van der Waals surface area contributed by atoms with E-state index in [2.05, 4.69) is 0 Å². The Bertz CT molecular complexity index is 1560. The molecule has 1 unspecified atom stereocenters. The number of hydrogen-bond acceptors (Lipinski definition) is 6. The minimum atomic E-state index is -0.617. The molecule has 0 spiro atoms. The van der Waals surface area contributed by atoms with Gasteiger partial charge < -0.3 is 9.64 Å². The van der Waals surface area contributed by atoms with Crippen LogP contribution in [0.1, 0.15) is 61.4 Å². The van der Waals surface area contributed by atoms with Crippen molar-refractivity contribution in [3.05, 3.63) is 104 Å². The smallest absolute Gasteiger partial charge is 0.273 e. The third-order valence-corrected chi connectivity index (χ3v) is 6.71. The molecule has 0 bridgehead atoms. The summed E-state index contributed by atoms with van der Waals surface area (Å²) in [5, 5.41) is 12.0. The van der Waals surface area contributed by atoms with Gasteiger partial charge in [-0.1, -0.05) is 31.5 Å². The summed E-state index contributed by atoms with van der Waals surface area (Å²) in [6, 6.07) is 18.2. The lowest BCUT2D eigenvalue weighted by molar-refractivity contribution is -0.385. The molecule has 0 saturated heterocycles. The standard InChI is InChI=1S/C30H32N4O5/c1-5-7-18-32(29(35)22-13-12-20(3)27(19-22)34(37)38)21(4)28-31-26-11-9-8-10-25(26)30(36)33(28)23-14-16-24(17-15-23)39-6-2/h8-17,19,21H,5-7,18H2,1-4H3. The normalized spacial score (nSPS) is 11.8. The third kappa shape index (κ3) is 5.67. The average molecular weight is 529 g/mol. The second kappa shape index (κ2) is 11.9. The Morgan fingerprint density at radius 1 is 1.10 bits per heavy atom. The maximum absolute atomic E-state index is 13.8. The number of hydrogen-bond donors (Lipinski definition) is 0. The number of aryl methyl sites for hydroxylation is 1. The number of para-hydroxylation sites is 1. The molecule has 0 radical (unpaired) electrons.